The van der Waals surface area contributed by atoms with Crippen LogP contribution in [-0.4, -0.2) is 66.1 Å². The number of rotatable bonds is 3. The van der Waals surface area contributed by atoms with Gasteiger partial charge in [-0.05, 0) is 32.3 Å². The van der Waals surface area contributed by atoms with E-state index in [9.17, 15) is 4.79 Å². The van der Waals surface area contributed by atoms with E-state index in [1.54, 1.807) is 12.7 Å². The van der Waals surface area contributed by atoms with Crippen molar-refractivity contribution in [3.05, 3.63) is 40.7 Å². The Balaban J connectivity index is 1.47. The van der Waals surface area contributed by atoms with Gasteiger partial charge in [0.2, 0.25) is 0 Å². The molecule has 3 aromatic heterocycles. The second-order valence-electron chi connectivity index (χ2n) is 6.49. The topological polar surface area (TPSA) is 92.9 Å². The summed E-state index contributed by atoms with van der Waals surface area (Å²) in [6.07, 6.45) is 3.35. The van der Waals surface area contributed by atoms with Gasteiger partial charge in [0.1, 0.15) is 29.2 Å². The standard InChI is InChI=1S/C17H20N8OS/c1-11-13(3)25(10-20-11)15-8-14(18-9-19-15)23-4-6-24(7-5-23)17(26)16-12(2)21-22-27-16/h8-10H,4-7H2,1-3H3. The van der Waals surface area contributed by atoms with Crippen LogP contribution in [0, 0.1) is 20.8 Å². The van der Waals surface area contributed by atoms with Gasteiger partial charge in [-0.25, -0.2) is 15.0 Å². The van der Waals surface area contributed by atoms with Crippen LogP contribution in [0.25, 0.3) is 5.82 Å². The summed E-state index contributed by atoms with van der Waals surface area (Å²) in [6, 6.07) is 1.96. The van der Waals surface area contributed by atoms with Crippen molar-refractivity contribution in [2.24, 2.45) is 0 Å². The Morgan fingerprint density at radius 3 is 2.37 bits per heavy atom. The molecule has 1 amide bonds. The number of piperazine rings is 1. The number of nitrogens with zero attached hydrogens (tertiary/aromatic N) is 8. The summed E-state index contributed by atoms with van der Waals surface area (Å²) in [7, 11) is 0. The molecule has 0 bridgehead atoms. The average molecular weight is 384 g/mol. The molecule has 10 heteroatoms. The zero-order valence-electron chi connectivity index (χ0n) is 15.5. The molecule has 27 heavy (non-hydrogen) atoms. The third-order valence-corrected chi connectivity index (χ3v) is 5.69. The fraction of sp³-hybridized carbons (Fsp3) is 0.412. The maximum Gasteiger partial charge on any atom is 0.267 e. The van der Waals surface area contributed by atoms with Gasteiger partial charge in [-0.2, -0.15) is 0 Å². The summed E-state index contributed by atoms with van der Waals surface area (Å²) in [5, 5.41) is 3.93. The minimum atomic E-state index is 0.00930. The number of aromatic nitrogens is 6. The number of imidazole rings is 1. The number of anilines is 1. The first kappa shape index (κ1) is 17.5. The van der Waals surface area contributed by atoms with E-state index >= 15 is 0 Å². The summed E-state index contributed by atoms with van der Waals surface area (Å²) < 4.78 is 5.82. The summed E-state index contributed by atoms with van der Waals surface area (Å²) in [5.74, 6) is 1.66. The predicted octanol–water partition coefficient (Wildman–Crippen LogP) is 1.40. The molecule has 1 aliphatic heterocycles. The lowest BCUT2D eigenvalue weighted by atomic mass is 10.2. The van der Waals surface area contributed by atoms with Gasteiger partial charge in [-0.15, -0.1) is 5.10 Å². The molecule has 1 aliphatic rings. The highest BCUT2D eigenvalue weighted by atomic mass is 32.1. The summed E-state index contributed by atoms with van der Waals surface area (Å²) in [5.41, 5.74) is 2.73. The molecule has 0 saturated carbocycles. The van der Waals surface area contributed by atoms with Gasteiger partial charge >= 0.3 is 0 Å². The third-order valence-electron chi connectivity index (χ3n) is 4.87. The van der Waals surface area contributed by atoms with Crippen LogP contribution in [0.15, 0.2) is 18.7 Å². The predicted molar refractivity (Wildman–Crippen MR) is 101 cm³/mol. The monoisotopic (exact) mass is 384 g/mol. The zero-order valence-corrected chi connectivity index (χ0v) is 16.3. The SMILES string of the molecule is Cc1nnsc1C(=O)N1CCN(c2cc(-n3cnc(C)c3C)ncn2)CC1. The normalized spacial score (nSPS) is 14.6. The Morgan fingerprint density at radius 1 is 1.00 bits per heavy atom. The molecule has 0 atom stereocenters. The Labute approximate surface area is 160 Å². The maximum atomic E-state index is 12.6. The van der Waals surface area contributed by atoms with Gasteiger partial charge in [-0.3, -0.25) is 9.36 Å². The largest absolute Gasteiger partial charge is 0.353 e. The van der Waals surface area contributed by atoms with Gasteiger partial charge in [0.05, 0.1) is 11.4 Å². The summed E-state index contributed by atoms with van der Waals surface area (Å²) in [4.78, 5) is 30.4. The van der Waals surface area contributed by atoms with Gasteiger partial charge in [-0.1, -0.05) is 4.49 Å². The van der Waals surface area contributed by atoms with Crippen molar-refractivity contribution in [3.63, 3.8) is 0 Å². The van der Waals surface area contributed by atoms with Crippen molar-refractivity contribution in [1.29, 1.82) is 0 Å². The first-order valence-corrected chi connectivity index (χ1v) is 9.48. The van der Waals surface area contributed by atoms with Crippen LogP contribution in [0.5, 0.6) is 0 Å². The van der Waals surface area contributed by atoms with Crippen molar-refractivity contribution >= 4 is 23.3 Å². The number of hydrogen-bond acceptors (Lipinski definition) is 8. The Bertz CT molecular complexity index is 973. The van der Waals surface area contributed by atoms with Crippen molar-refractivity contribution in [2.45, 2.75) is 20.8 Å². The van der Waals surface area contributed by atoms with Crippen molar-refractivity contribution < 1.29 is 4.79 Å². The van der Waals surface area contributed by atoms with Gasteiger partial charge in [0.25, 0.3) is 5.91 Å². The van der Waals surface area contributed by atoms with E-state index < -0.39 is 0 Å². The van der Waals surface area contributed by atoms with Crippen LogP contribution < -0.4 is 4.90 Å². The molecule has 9 nitrogen and oxygen atoms in total. The first-order chi connectivity index (χ1) is 13.0. The Morgan fingerprint density at radius 2 is 1.74 bits per heavy atom. The highest BCUT2D eigenvalue weighted by Crippen LogP contribution is 2.20. The highest BCUT2D eigenvalue weighted by molar-refractivity contribution is 7.07. The number of carbonyl (C=O) groups excluding carboxylic acids is 1. The van der Waals surface area contributed by atoms with E-state index in [-0.39, 0.29) is 5.91 Å². The van der Waals surface area contributed by atoms with E-state index in [0.717, 1.165) is 47.6 Å². The van der Waals surface area contributed by atoms with Gasteiger partial charge < -0.3 is 9.80 Å². The fourth-order valence-electron chi connectivity index (χ4n) is 3.08. The Hall–Kier alpha value is -2.88. The van der Waals surface area contributed by atoms with Crippen molar-refractivity contribution in [3.8, 4) is 5.82 Å². The van der Waals surface area contributed by atoms with Crippen molar-refractivity contribution in [2.75, 3.05) is 31.1 Å². The fourth-order valence-corrected chi connectivity index (χ4v) is 3.71. The molecule has 0 aromatic carbocycles. The third kappa shape index (κ3) is 3.27. The van der Waals surface area contributed by atoms with Crippen molar-refractivity contribution in [1.82, 2.24) is 34.0 Å². The lowest BCUT2D eigenvalue weighted by Gasteiger charge is -2.35. The molecular weight excluding hydrogens is 364 g/mol. The average Bonchev–Trinajstić information content (AvgIpc) is 3.27. The lowest BCUT2D eigenvalue weighted by Crippen LogP contribution is -2.49. The van der Waals surface area contributed by atoms with E-state index in [1.165, 1.54) is 0 Å². The van der Waals surface area contributed by atoms with Crippen LogP contribution >= 0.6 is 11.5 Å². The summed E-state index contributed by atoms with van der Waals surface area (Å²) >= 11 is 1.16. The van der Waals surface area contributed by atoms with Gasteiger partial charge in [0, 0.05) is 37.9 Å². The molecule has 3 aromatic rings. The number of hydrogen-bond donors (Lipinski definition) is 0. The number of aryl methyl sites for hydroxylation is 2. The molecule has 0 N–H and O–H groups in total. The van der Waals surface area contributed by atoms with E-state index in [2.05, 4.69) is 29.4 Å². The Kier molecular flexibility index (Phi) is 4.56. The second-order valence-corrected chi connectivity index (χ2v) is 7.24. The zero-order chi connectivity index (χ0) is 19.0. The number of amides is 1. The molecule has 0 spiro atoms. The van der Waals surface area contributed by atoms with Crippen LogP contribution in [0.4, 0.5) is 5.82 Å². The molecule has 0 aliphatic carbocycles. The van der Waals surface area contributed by atoms with E-state index in [1.807, 2.05) is 36.3 Å². The molecule has 0 unspecified atom stereocenters. The van der Waals surface area contributed by atoms with Crippen LogP contribution in [0.2, 0.25) is 0 Å². The minimum absolute atomic E-state index is 0.00930. The molecule has 4 heterocycles. The summed E-state index contributed by atoms with van der Waals surface area (Å²) in [6.45, 7) is 8.52. The van der Waals surface area contributed by atoms with Crippen LogP contribution in [0.1, 0.15) is 26.8 Å². The molecular formula is C17H20N8OS. The molecule has 1 fully saturated rings. The van der Waals surface area contributed by atoms with E-state index in [0.29, 0.717) is 23.7 Å². The van der Waals surface area contributed by atoms with Crippen LogP contribution in [0.3, 0.4) is 0 Å². The smallest absolute Gasteiger partial charge is 0.267 e. The minimum Gasteiger partial charge on any atom is -0.353 e. The highest BCUT2D eigenvalue weighted by Gasteiger charge is 2.25. The van der Waals surface area contributed by atoms with E-state index in [4.69, 9.17) is 0 Å². The number of carbonyl (C=O) groups is 1. The quantitative estimate of drug-likeness (QED) is 0.674. The molecule has 1 saturated heterocycles. The maximum absolute atomic E-state index is 12.6. The van der Waals surface area contributed by atoms with Crippen LogP contribution in [-0.2, 0) is 0 Å². The molecule has 4 rings (SSSR count). The van der Waals surface area contributed by atoms with Gasteiger partial charge in [0.15, 0.2) is 0 Å². The second kappa shape index (κ2) is 7.03. The lowest BCUT2D eigenvalue weighted by molar-refractivity contribution is 0.0750. The molecule has 140 valence electrons. The molecule has 0 radical (unpaired) electrons. The first-order valence-electron chi connectivity index (χ1n) is 8.70.